The number of carbonyl (C=O) groups is 3. The number of rotatable bonds is 8. The van der Waals surface area contributed by atoms with E-state index in [0.717, 1.165) is 22.5 Å². The van der Waals surface area contributed by atoms with E-state index in [1.54, 1.807) is 30.5 Å². The van der Waals surface area contributed by atoms with E-state index in [0.29, 0.717) is 5.03 Å². The molecule has 8 nitrogen and oxygen atoms in total. The Labute approximate surface area is 147 Å². The van der Waals surface area contributed by atoms with Gasteiger partial charge in [0.1, 0.15) is 6.04 Å². The van der Waals surface area contributed by atoms with Crippen molar-refractivity contribution in [3.8, 4) is 0 Å². The smallest absolute Gasteiger partial charge is 0.329 e. The highest BCUT2D eigenvalue weighted by molar-refractivity contribution is 7.99. The van der Waals surface area contributed by atoms with Gasteiger partial charge in [-0.15, -0.1) is 11.8 Å². The highest BCUT2D eigenvalue weighted by Crippen LogP contribution is 2.33. The molecule has 0 saturated heterocycles. The summed E-state index contributed by atoms with van der Waals surface area (Å²) in [6.07, 6.45) is 1.61. The van der Waals surface area contributed by atoms with Crippen LogP contribution in [0, 0.1) is 0 Å². The molecule has 2 aromatic rings. The third-order valence-electron chi connectivity index (χ3n) is 3.56. The molecule has 1 amide bonds. The van der Waals surface area contributed by atoms with Crippen LogP contribution in [-0.2, 0) is 14.4 Å². The molecule has 0 spiro atoms. The number of carbonyl (C=O) groups excluding carboxylic acids is 1. The molecule has 4 N–H and O–H groups in total. The minimum absolute atomic E-state index is 0.0146. The van der Waals surface area contributed by atoms with Crippen LogP contribution in [0.3, 0.4) is 0 Å². The van der Waals surface area contributed by atoms with Crippen LogP contribution in [-0.4, -0.2) is 56.1 Å². The molecule has 0 fully saturated rings. The third-order valence-corrected chi connectivity index (χ3v) is 4.76. The third kappa shape index (κ3) is 4.31. The maximum Gasteiger partial charge on any atom is 0.329 e. The lowest BCUT2D eigenvalue weighted by atomic mass is 10.2. The lowest BCUT2D eigenvalue weighted by molar-refractivity contribution is -0.142. The Hall–Kier alpha value is -2.52. The van der Waals surface area contributed by atoms with Crippen LogP contribution >= 0.6 is 11.8 Å². The lowest BCUT2D eigenvalue weighted by Crippen LogP contribution is -2.41. The fourth-order valence-corrected chi connectivity index (χ4v) is 3.62. The fraction of sp³-hybridized carbons (Fsp3) is 0.312. The normalized spacial score (nSPS) is 13.4. The number of thioether (sulfide) groups is 1. The largest absolute Gasteiger partial charge is 0.480 e. The number of fused-ring (bicyclic) bond motifs is 1. The maximum absolute atomic E-state index is 11.4. The van der Waals surface area contributed by atoms with Crippen molar-refractivity contribution < 1.29 is 29.7 Å². The van der Waals surface area contributed by atoms with Crippen molar-refractivity contribution in [1.29, 1.82) is 0 Å². The van der Waals surface area contributed by atoms with Crippen molar-refractivity contribution in [3.05, 3.63) is 30.5 Å². The number of aliphatic carboxylic acids is 2. The number of hydrogen-bond donors (Lipinski definition) is 4. The van der Waals surface area contributed by atoms with Crippen molar-refractivity contribution in [2.24, 2.45) is 0 Å². The van der Waals surface area contributed by atoms with Gasteiger partial charge in [-0.2, -0.15) is 0 Å². The predicted molar refractivity (Wildman–Crippen MR) is 91.7 cm³/mol. The molecule has 1 aromatic heterocycles. The van der Waals surface area contributed by atoms with Gasteiger partial charge >= 0.3 is 11.9 Å². The number of carboxylic acids is 2. The second-order valence-electron chi connectivity index (χ2n) is 5.37. The number of aromatic nitrogens is 1. The van der Waals surface area contributed by atoms with E-state index in [1.165, 1.54) is 11.5 Å². The van der Waals surface area contributed by atoms with E-state index >= 15 is 0 Å². The molecule has 0 bridgehead atoms. The van der Waals surface area contributed by atoms with E-state index in [-0.39, 0.29) is 5.75 Å². The fourth-order valence-electron chi connectivity index (χ4n) is 2.40. The van der Waals surface area contributed by atoms with Gasteiger partial charge < -0.3 is 25.2 Å². The van der Waals surface area contributed by atoms with Gasteiger partial charge in [0.2, 0.25) is 5.91 Å². The number of aliphatic hydroxyl groups excluding tert-OH is 1. The zero-order valence-electron chi connectivity index (χ0n) is 13.4. The molecule has 1 heterocycles. The topological polar surface area (TPSA) is 129 Å². The number of hydrogen-bond acceptors (Lipinski definition) is 5. The first-order valence-corrected chi connectivity index (χ1v) is 8.39. The molecule has 1 aromatic carbocycles. The van der Waals surface area contributed by atoms with Gasteiger partial charge in [-0.1, -0.05) is 24.3 Å². The Morgan fingerprint density at radius 3 is 2.44 bits per heavy atom. The Bertz CT molecular complexity index is 803. The minimum atomic E-state index is -1.19. The van der Waals surface area contributed by atoms with Crippen molar-refractivity contribution in [2.45, 2.75) is 24.0 Å². The number of benzene rings is 1. The van der Waals surface area contributed by atoms with Crippen LogP contribution in [0.5, 0.6) is 0 Å². The van der Waals surface area contributed by atoms with Crippen LogP contribution in [0.25, 0.3) is 10.8 Å². The molecule has 0 unspecified atom stereocenters. The summed E-state index contributed by atoms with van der Waals surface area (Å²) in [6, 6.07) is 4.88. The first kappa shape index (κ1) is 18.8. The van der Waals surface area contributed by atoms with E-state index in [9.17, 15) is 29.7 Å². The molecule has 0 radical (unpaired) electrons. The molecule has 0 aliphatic rings. The summed E-state index contributed by atoms with van der Waals surface area (Å²) >= 11 is 1.12. The summed E-state index contributed by atoms with van der Waals surface area (Å²) in [6.45, 7) is 0.628. The Morgan fingerprint density at radius 1 is 1.20 bits per heavy atom. The van der Waals surface area contributed by atoms with Crippen molar-refractivity contribution in [1.82, 2.24) is 9.88 Å². The van der Waals surface area contributed by atoms with E-state index in [4.69, 9.17) is 0 Å². The van der Waals surface area contributed by atoms with Crippen LogP contribution in [0.1, 0.15) is 13.0 Å². The van der Waals surface area contributed by atoms with Gasteiger partial charge in [-0.05, 0) is 0 Å². The van der Waals surface area contributed by atoms with Gasteiger partial charge in [-0.3, -0.25) is 4.79 Å². The molecule has 0 aliphatic heterocycles. The maximum atomic E-state index is 11.4. The van der Waals surface area contributed by atoms with Crippen LogP contribution in [0.15, 0.2) is 35.5 Å². The molecule has 25 heavy (non-hydrogen) atoms. The van der Waals surface area contributed by atoms with Crippen molar-refractivity contribution >= 4 is 40.4 Å². The quantitative estimate of drug-likeness (QED) is 0.512. The van der Waals surface area contributed by atoms with Crippen LogP contribution in [0.4, 0.5) is 0 Å². The summed E-state index contributed by atoms with van der Waals surface area (Å²) < 4.78 is 1.42. The zero-order valence-corrected chi connectivity index (χ0v) is 14.2. The van der Waals surface area contributed by atoms with E-state index in [1.807, 2.05) is 0 Å². The molecular formula is C16H18N2O6S. The van der Waals surface area contributed by atoms with Gasteiger partial charge in [0.15, 0.2) is 6.04 Å². The Morgan fingerprint density at radius 2 is 1.88 bits per heavy atom. The summed E-state index contributed by atoms with van der Waals surface area (Å²) in [4.78, 5) is 33.8. The van der Waals surface area contributed by atoms with E-state index in [2.05, 4.69) is 5.32 Å². The first-order chi connectivity index (χ1) is 11.8. The molecule has 0 aliphatic carbocycles. The minimum Gasteiger partial charge on any atom is -0.480 e. The van der Waals surface area contributed by atoms with Gasteiger partial charge in [0.05, 0.1) is 11.6 Å². The number of nitrogens with zero attached hydrogens (tertiary/aromatic N) is 1. The molecule has 2 rings (SSSR count). The molecule has 134 valence electrons. The first-order valence-electron chi connectivity index (χ1n) is 7.41. The summed E-state index contributed by atoms with van der Waals surface area (Å²) in [7, 11) is 0. The van der Waals surface area contributed by atoms with Crippen LogP contribution in [0.2, 0.25) is 0 Å². The van der Waals surface area contributed by atoms with Crippen molar-refractivity contribution in [2.75, 3.05) is 12.4 Å². The Balaban J connectivity index is 2.39. The number of aliphatic hydroxyl groups is 1. The van der Waals surface area contributed by atoms with Crippen LogP contribution < -0.4 is 5.32 Å². The van der Waals surface area contributed by atoms with E-state index < -0.39 is 36.5 Å². The molecular weight excluding hydrogens is 348 g/mol. The molecule has 0 saturated carbocycles. The molecule has 2 atom stereocenters. The highest BCUT2D eigenvalue weighted by atomic mass is 32.2. The number of amides is 1. The Kier molecular flexibility index (Phi) is 6.05. The zero-order chi connectivity index (χ0) is 18.6. The second-order valence-corrected chi connectivity index (χ2v) is 6.38. The summed E-state index contributed by atoms with van der Waals surface area (Å²) in [5.41, 5.74) is 0. The van der Waals surface area contributed by atoms with Gasteiger partial charge in [-0.25, -0.2) is 9.59 Å². The summed E-state index contributed by atoms with van der Waals surface area (Å²) in [5.74, 6) is -2.82. The van der Waals surface area contributed by atoms with Gasteiger partial charge in [0.25, 0.3) is 0 Å². The standard InChI is InChI=1S/C16H18N2O6S/c1-9(20)17-12(15(21)22)8-25-14-11-5-3-2-4-10(11)6-18(14)13(7-19)16(23)24/h2-6,12-13,19H,7-8H2,1H3,(H,17,20)(H,21,22)(H,23,24)/t12-,13+/m1/s1. The lowest BCUT2D eigenvalue weighted by Gasteiger charge is -2.17. The predicted octanol–water partition coefficient (Wildman–Crippen LogP) is 0.941. The average Bonchev–Trinajstić information content (AvgIpc) is 2.89. The summed E-state index contributed by atoms with van der Waals surface area (Å²) in [5, 5.41) is 32.3. The van der Waals surface area contributed by atoms with Crippen molar-refractivity contribution in [3.63, 3.8) is 0 Å². The van der Waals surface area contributed by atoms with Gasteiger partial charge in [0, 0.05) is 29.6 Å². The molecule has 9 heteroatoms. The average molecular weight is 366 g/mol. The number of nitrogens with one attached hydrogen (secondary N) is 1. The monoisotopic (exact) mass is 366 g/mol. The SMILES string of the molecule is CC(=O)N[C@H](CSc1c2ccccc2cn1[C@@H](CO)C(=O)O)C(=O)O. The second kappa shape index (κ2) is 8.04. The highest BCUT2D eigenvalue weighted by Gasteiger charge is 2.25. The number of carboxylic acid groups (broad SMARTS) is 2.